The van der Waals surface area contributed by atoms with Crippen LogP contribution in [-0.4, -0.2) is 35.6 Å². The van der Waals surface area contributed by atoms with Crippen molar-refractivity contribution in [1.82, 2.24) is 9.97 Å². The zero-order valence-corrected chi connectivity index (χ0v) is 14.9. The van der Waals surface area contributed by atoms with Crippen LogP contribution in [0.1, 0.15) is 16.9 Å². The van der Waals surface area contributed by atoms with Crippen molar-refractivity contribution in [3.05, 3.63) is 45.7 Å². The Morgan fingerprint density at radius 3 is 2.67 bits per heavy atom. The van der Waals surface area contributed by atoms with Crippen molar-refractivity contribution in [1.29, 1.82) is 0 Å². The number of carbonyl (C=O) groups is 2. The topological polar surface area (TPSA) is 90.4 Å². The highest BCUT2D eigenvalue weighted by Gasteiger charge is 2.16. The van der Waals surface area contributed by atoms with Crippen LogP contribution < -0.4 is 10.1 Å². The minimum absolute atomic E-state index is 0.0560. The quantitative estimate of drug-likeness (QED) is 0.574. The van der Waals surface area contributed by atoms with Crippen LogP contribution >= 0.6 is 27.5 Å². The molecule has 1 aromatic heterocycles. The van der Waals surface area contributed by atoms with Gasteiger partial charge < -0.3 is 14.8 Å². The predicted molar refractivity (Wildman–Crippen MR) is 91.3 cm³/mol. The SMILES string of the molecule is COC(=O)CCNc1ncc(Br)c(C(=O)Oc2ccc(Cl)cc2)n1. The summed E-state index contributed by atoms with van der Waals surface area (Å²) in [5, 5.41) is 3.37. The van der Waals surface area contributed by atoms with Crippen molar-refractivity contribution < 1.29 is 19.1 Å². The monoisotopic (exact) mass is 413 g/mol. The fourth-order valence-electron chi connectivity index (χ4n) is 1.63. The molecule has 0 atom stereocenters. The number of esters is 2. The summed E-state index contributed by atoms with van der Waals surface area (Å²) in [6, 6.07) is 6.37. The van der Waals surface area contributed by atoms with E-state index in [4.69, 9.17) is 16.3 Å². The number of methoxy groups -OCH3 is 1. The van der Waals surface area contributed by atoms with Crippen molar-refractivity contribution in [3.8, 4) is 5.75 Å². The summed E-state index contributed by atoms with van der Waals surface area (Å²) in [5.41, 5.74) is 0.0560. The molecule has 1 heterocycles. The molecule has 0 radical (unpaired) electrons. The number of nitrogens with one attached hydrogen (secondary N) is 1. The van der Waals surface area contributed by atoms with Crippen LogP contribution in [0.5, 0.6) is 5.75 Å². The van der Waals surface area contributed by atoms with Crippen LogP contribution in [0.4, 0.5) is 5.95 Å². The normalized spacial score (nSPS) is 10.1. The summed E-state index contributed by atoms with van der Waals surface area (Å²) in [6.45, 7) is 0.278. The molecule has 0 aliphatic heterocycles. The molecule has 126 valence electrons. The molecule has 0 saturated carbocycles. The Labute approximate surface area is 151 Å². The minimum atomic E-state index is -0.650. The van der Waals surface area contributed by atoms with E-state index < -0.39 is 5.97 Å². The number of hydrogen-bond donors (Lipinski definition) is 1. The summed E-state index contributed by atoms with van der Waals surface area (Å²) < 4.78 is 10.2. The van der Waals surface area contributed by atoms with E-state index in [0.29, 0.717) is 15.2 Å². The molecule has 0 amide bonds. The van der Waals surface area contributed by atoms with Gasteiger partial charge in [0.05, 0.1) is 18.0 Å². The van der Waals surface area contributed by atoms with Crippen molar-refractivity contribution in [2.75, 3.05) is 19.0 Å². The average Bonchev–Trinajstić information content (AvgIpc) is 2.58. The number of aromatic nitrogens is 2. The van der Waals surface area contributed by atoms with Gasteiger partial charge in [0.25, 0.3) is 0 Å². The summed E-state index contributed by atoms with van der Waals surface area (Å²) in [4.78, 5) is 31.4. The highest BCUT2D eigenvalue weighted by Crippen LogP contribution is 2.20. The predicted octanol–water partition coefficient (Wildman–Crippen LogP) is 3.09. The summed E-state index contributed by atoms with van der Waals surface area (Å²) in [5.74, 6) is -0.468. The van der Waals surface area contributed by atoms with Gasteiger partial charge in [-0.15, -0.1) is 0 Å². The van der Waals surface area contributed by atoms with Gasteiger partial charge in [0, 0.05) is 17.8 Å². The van der Waals surface area contributed by atoms with Gasteiger partial charge in [0.1, 0.15) is 5.75 Å². The fourth-order valence-corrected chi connectivity index (χ4v) is 2.11. The van der Waals surface area contributed by atoms with E-state index in [-0.39, 0.29) is 30.6 Å². The van der Waals surface area contributed by atoms with Crippen LogP contribution in [-0.2, 0) is 9.53 Å². The Morgan fingerprint density at radius 2 is 2.00 bits per heavy atom. The van der Waals surface area contributed by atoms with Gasteiger partial charge in [-0.1, -0.05) is 11.6 Å². The summed E-state index contributed by atoms with van der Waals surface area (Å²) in [6.07, 6.45) is 1.58. The van der Waals surface area contributed by atoms with E-state index in [1.54, 1.807) is 24.3 Å². The number of anilines is 1. The van der Waals surface area contributed by atoms with E-state index in [9.17, 15) is 9.59 Å². The maximum absolute atomic E-state index is 12.2. The lowest BCUT2D eigenvalue weighted by molar-refractivity contribution is -0.140. The molecule has 1 N–H and O–H groups in total. The average molecular weight is 415 g/mol. The second-order valence-corrected chi connectivity index (χ2v) is 5.78. The third-order valence-electron chi connectivity index (χ3n) is 2.80. The Hall–Kier alpha value is -2.19. The molecular formula is C15H13BrClN3O4. The summed E-state index contributed by atoms with van der Waals surface area (Å²) >= 11 is 8.99. The first-order chi connectivity index (χ1) is 11.5. The molecule has 2 rings (SSSR count). The molecule has 0 bridgehead atoms. The van der Waals surface area contributed by atoms with Crippen LogP contribution in [0.3, 0.4) is 0 Å². The summed E-state index contributed by atoms with van der Waals surface area (Å²) in [7, 11) is 1.31. The molecular weight excluding hydrogens is 402 g/mol. The molecule has 0 saturated heterocycles. The van der Waals surface area contributed by atoms with Gasteiger partial charge in [0.2, 0.25) is 5.95 Å². The second-order valence-electron chi connectivity index (χ2n) is 4.49. The molecule has 9 heteroatoms. The Kier molecular flexibility index (Phi) is 6.51. The molecule has 0 unspecified atom stereocenters. The Bertz CT molecular complexity index is 740. The van der Waals surface area contributed by atoms with Crippen LogP contribution in [0.2, 0.25) is 5.02 Å². The van der Waals surface area contributed by atoms with Gasteiger partial charge in [0.15, 0.2) is 5.69 Å². The molecule has 24 heavy (non-hydrogen) atoms. The smallest absolute Gasteiger partial charge is 0.363 e. The Balaban J connectivity index is 2.05. The highest BCUT2D eigenvalue weighted by molar-refractivity contribution is 9.10. The van der Waals surface area contributed by atoms with Crippen LogP contribution in [0, 0.1) is 0 Å². The standard InChI is InChI=1S/C15H13BrClN3O4/c1-23-12(21)6-7-18-15-19-8-11(16)13(20-15)14(22)24-10-4-2-9(17)3-5-10/h2-5,8H,6-7H2,1H3,(H,18,19,20). The van der Waals surface area contributed by atoms with E-state index in [1.807, 2.05) is 0 Å². The van der Waals surface area contributed by atoms with Gasteiger partial charge in [-0.25, -0.2) is 14.8 Å². The van der Waals surface area contributed by atoms with Gasteiger partial charge in [-0.3, -0.25) is 4.79 Å². The molecule has 2 aromatic rings. The molecule has 0 aliphatic rings. The molecule has 0 fully saturated rings. The highest BCUT2D eigenvalue weighted by atomic mass is 79.9. The van der Waals surface area contributed by atoms with Gasteiger partial charge in [-0.05, 0) is 40.2 Å². The lowest BCUT2D eigenvalue weighted by Crippen LogP contribution is -2.15. The molecule has 0 aliphatic carbocycles. The lowest BCUT2D eigenvalue weighted by atomic mass is 10.3. The first-order valence-electron chi connectivity index (χ1n) is 6.80. The lowest BCUT2D eigenvalue weighted by Gasteiger charge is -2.08. The second kappa shape index (κ2) is 8.60. The maximum Gasteiger partial charge on any atom is 0.363 e. The first kappa shape index (κ1) is 18.2. The number of halogens is 2. The van der Waals surface area contributed by atoms with Gasteiger partial charge >= 0.3 is 11.9 Å². The maximum atomic E-state index is 12.2. The van der Waals surface area contributed by atoms with Crippen molar-refractivity contribution >= 4 is 45.4 Å². The molecule has 1 aromatic carbocycles. The number of carbonyl (C=O) groups excluding carboxylic acids is 2. The van der Waals surface area contributed by atoms with Gasteiger partial charge in [-0.2, -0.15) is 0 Å². The third kappa shape index (κ3) is 5.17. The minimum Gasteiger partial charge on any atom is -0.469 e. The Morgan fingerprint density at radius 1 is 1.29 bits per heavy atom. The zero-order chi connectivity index (χ0) is 17.5. The zero-order valence-electron chi connectivity index (χ0n) is 12.6. The number of nitrogens with zero attached hydrogens (tertiary/aromatic N) is 2. The third-order valence-corrected chi connectivity index (χ3v) is 3.63. The van der Waals surface area contributed by atoms with E-state index in [2.05, 4.69) is 36.0 Å². The van der Waals surface area contributed by atoms with Crippen molar-refractivity contribution in [2.45, 2.75) is 6.42 Å². The first-order valence-corrected chi connectivity index (χ1v) is 7.97. The van der Waals surface area contributed by atoms with E-state index in [0.717, 1.165) is 0 Å². The van der Waals surface area contributed by atoms with E-state index in [1.165, 1.54) is 13.3 Å². The number of hydrogen-bond acceptors (Lipinski definition) is 7. The van der Waals surface area contributed by atoms with Crippen LogP contribution in [0.25, 0.3) is 0 Å². The molecule has 0 spiro atoms. The van der Waals surface area contributed by atoms with E-state index >= 15 is 0 Å². The number of rotatable bonds is 6. The number of ether oxygens (including phenoxy) is 2. The van der Waals surface area contributed by atoms with Crippen molar-refractivity contribution in [2.24, 2.45) is 0 Å². The molecule has 7 nitrogen and oxygen atoms in total. The fraction of sp³-hybridized carbons (Fsp3) is 0.200. The number of benzene rings is 1. The van der Waals surface area contributed by atoms with Crippen molar-refractivity contribution in [3.63, 3.8) is 0 Å². The van der Waals surface area contributed by atoms with Crippen LogP contribution in [0.15, 0.2) is 34.9 Å². The largest absolute Gasteiger partial charge is 0.469 e.